The van der Waals surface area contributed by atoms with Gasteiger partial charge in [0, 0.05) is 5.69 Å². The van der Waals surface area contributed by atoms with Gasteiger partial charge in [0.2, 0.25) is 0 Å². The molecule has 0 aromatic heterocycles. The number of fused-ring (bicyclic) bond motifs is 1. The number of anilines is 1. The molecule has 162 valence electrons. The molecular weight excluding hydrogens is 398 g/mol. The molecule has 1 aliphatic carbocycles. The van der Waals surface area contributed by atoms with E-state index in [-0.39, 0.29) is 0 Å². The summed E-state index contributed by atoms with van der Waals surface area (Å²) < 4.78 is 0. The van der Waals surface area contributed by atoms with E-state index < -0.39 is 5.41 Å². The van der Waals surface area contributed by atoms with Crippen molar-refractivity contribution >= 4 is 11.3 Å². The fourth-order valence-corrected chi connectivity index (χ4v) is 5.55. The summed E-state index contributed by atoms with van der Waals surface area (Å²) in [7, 11) is 0. The molecule has 0 radical (unpaired) electrons. The minimum atomic E-state index is -0.408. The van der Waals surface area contributed by atoms with E-state index in [2.05, 4.69) is 117 Å². The van der Waals surface area contributed by atoms with Crippen LogP contribution in [-0.2, 0) is 5.41 Å². The Balaban J connectivity index is 1.99. The van der Waals surface area contributed by atoms with Crippen LogP contribution >= 0.6 is 0 Å². The minimum absolute atomic E-state index is 0.408. The highest BCUT2D eigenvalue weighted by molar-refractivity contribution is 5.98. The fourth-order valence-electron chi connectivity index (χ4n) is 5.55. The van der Waals surface area contributed by atoms with Crippen molar-refractivity contribution in [3.8, 4) is 11.1 Å². The van der Waals surface area contributed by atoms with Crippen molar-refractivity contribution in [3.63, 3.8) is 0 Å². The number of hydrogen-bond donors (Lipinski definition) is 1. The molecule has 4 aromatic carbocycles. The first-order valence-electron chi connectivity index (χ1n) is 11.7. The van der Waals surface area contributed by atoms with Gasteiger partial charge in [0.25, 0.3) is 0 Å². The maximum absolute atomic E-state index is 6.24. The van der Waals surface area contributed by atoms with Crippen LogP contribution in [0.1, 0.15) is 42.5 Å². The van der Waals surface area contributed by atoms with E-state index in [1.807, 2.05) is 12.1 Å². The van der Waals surface area contributed by atoms with Gasteiger partial charge in [-0.15, -0.1) is 0 Å². The molecule has 1 heteroatoms. The summed E-state index contributed by atoms with van der Waals surface area (Å²) in [5, 5.41) is 0. The van der Waals surface area contributed by atoms with E-state index in [1.54, 1.807) is 0 Å². The van der Waals surface area contributed by atoms with Crippen molar-refractivity contribution in [2.45, 2.75) is 25.7 Å². The monoisotopic (exact) mass is 427 g/mol. The molecule has 0 unspecified atom stereocenters. The number of benzene rings is 4. The van der Waals surface area contributed by atoms with E-state index >= 15 is 0 Å². The molecule has 1 aliphatic rings. The van der Waals surface area contributed by atoms with E-state index in [9.17, 15) is 0 Å². The van der Waals surface area contributed by atoms with E-state index in [4.69, 9.17) is 5.73 Å². The van der Waals surface area contributed by atoms with Gasteiger partial charge in [0.05, 0.1) is 5.41 Å². The SMILES string of the molecule is C/C=C1\C(=C/CC)c2cccc(-c3cccc(N)c3)c2C1(c1ccccc1)c1ccccc1. The van der Waals surface area contributed by atoms with Gasteiger partial charge in [-0.25, -0.2) is 0 Å². The van der Waals surface area contributed by atoms with Crippen LogP contribution in [-0.4, -0.2) is 0 Å². The molecule has 0 bridgehead atoms. The highest BCUT2D eigenvalue weighted by Crippen LogP contribution is 2.59. The summed E-state index contributed by atoms with van der Waals surface area (Å²) in [4.78, 5) is 0. The Bertz CT molecular complexity index is 1300. The Morgan fingerprint density at radius 2 is 1.33 bits per heavy atom. The van der Waals surface area contributed by atoms with E-state index in [0.29, 0.717) is 0 Å². The highest BCUT2D eigenvalue weighted by atomic mass is 14.5. The quantitative estimate of drug-likeness (QED) is 0.328. The predicted octanol–water partition coefficient (Wildman–Crippen LogP) is 8.02. The zero-order valence-electron chi connectivity index (χ0n) is 19.3. The molecule has 5 rings (SSSR count). The maximum Gasteiger partial charge on any atom is 0.0716 e. The minimum Gasteiger partial charge on any atom is -0.399 e. The Labute approximate surface area is 196 Å². The van der Waals surface area contributed by atoms with Crippen LogP contribution in [0.4, 0.5) is 5.69 Å². The van der Waals surface area contributed by atoms with Crippen molar-refractivity contribution in [1.82, 2.24) is 0 Å². The lowest BCUT2D eigenvalue weighted by atomic mass is 9.66. The van der Waals surface area contributed by atoms with Crippen LogP contribution in [0.15, 0.2) is 121 Å². The Hall–Kier alpha value is -3.84. The topological polar surface area (TPSA) is 26.0 Å². The summed E-state index contributed by atoms with van der Waals surface area (Å²) in [6, 6.07) is 36.8. The van der Waals surface area contributed by atoms with Crippen molar-refractivity contribution in [1.29, 1.82) is 0 Å². The maximum atomic E-state index is 6.24. The average Bonchev–Trinajstić information content (AvgIpc) is 3.16. The molecule has 0 saturated carbocycles. The summed E-state index contributed by atoms with van der Waals surface area (Å²) >= 11 is 0. The Morgan fingerprint density at radius 3 is 1.91 bits per heavy atom. The van der Waals surface area contributed by atoms with Gasteiger partial charge in [-0.3, -0.25) is 0 Å². The lowest BCUT2D eigenvalue weighted by Crippen LogP contribution is -2.29. The Kier molecular flexibility index (Phi) is 5.48. The number of nitrogens with two attached hydrogens (primary N) is 1. The lowest BCUT2D eigenvalue weighted by Gasteiger charge is -2.35. The third kappa shape index (κ3) is 3.24. The first kappa shape index (κ1) is 21.0. The summed E-state index contributed by atoms with van der Waals surface area (Å²) in [5.41, 5.74) is 16.9. The standard InChI is InChI=1S/C32H29N/c1-3-13-28-29-21-12-20-27(23-14-11-19-26(33)22-23)31(29)32(30(28)4-2,24-15-7-5-8-16-24)25-17-9-6-10-18-25/h4-22H,3,33H2,1-2H3/b28-13-,30-4+. The molecule has 1 nitrogen and oxygen atoms in total. The van der Waals surface area contributed by atoms with Gasteiger partial charge in [-0.2, -0.15) is 0 Å². The van der Waals surface area contributed by atoms with E-state index in [1.165, 1.54) is 39.0 Å². The van der Waals surface area contributed by atoms with E-state index in [0.717, 1.165) is 17.7 Å². The van der Waals surface area contributed by atoms with Gasteiger partial charge in [0.15, 0.2) is 0 Å². The molecule has 0 saturated heterocycles. The first-order valence-corrected chi connectivity index (χ1v) is 11.7. The molecule has 0 heterocycles. The van der Waals surface area contributed by atoms with Gasteiger partial charge in [0.1, 0.15) is 0 Å². The summed E-state index contributed by atoms with van der Waals surface area (Å²) in [6.07, 6.45) is 5.67. The second-order valence-electron chi connectivity index (χ2n) is 8.56. The number of hydrogen-bond acceptors (Lipinski definition) is 1. The molecule has 0 atom stereocenters. The lowest BCUT2D eigenvalue weighted by molar-refractivity contribution is 0.769. The molecule has 4 aromatic rings. The summed E-state index contributed by atoms with van der Waals surface area (Å²) in [5.74, 6) is 0. The number of rotatable bonds is 4. The van der Waals surface area contributed by atoms with Crippen LogP contribution < -0.4 is 5.73 Å². The third-order valence-electron chi connectivity index (χ3n) is 6.73. The van der Waals surface area contributed by atoms with Crippen molar-refractivity contribution in [2.24, 2.45) is 0 Å². The van der Waals surface area contributed by atoms with Crippen LogP contribution in [0.2, 0.25) is 0 Å². The predicted molar refractivity (Wildman–Crippen MR) is 141 cm³/mol. The van der Waals surface area contributed by atoms with Gasteiger partial charge in [-0.1, -0.05) is 110 Å². The van der Waals surface area contributed by atoms with Gasteiger partial charge >= 0.3 is 0 Å². The normalized spacial score (nSPS) is 16.8. The highest BCUT2D eigenvalue weighted by Gasteiger charge is 2.49. The van der Waals surface area contributed by atoms with Crippen molar-refractivity contribution in [2.75, 3.05) is 5.73 Å². The van der Waals surface area contributed by atoms with Gasteiger partial charge < -0.3 is 5.73 Å². The van der Waals surface area contributed by atoms with Crippen LogP contribution in [0.3, 0.4) is 0 Å². The molecule has 33 heavy (non-hydrogen) atoms. The smallest absolute Gasteiger partial charge is 0.0716 e. The fraction of sp³-hybridized carbons (Fsp3) is 0.125. The van der Waals surface area contributed by atoms with Gasteiger partial charge in [-0.05, 0) is 70.0 Å². The molecule has 0 fully saturated rings. The molecule has 0 spiro atoms. The zero-order valence-corrected chi connectivity index (χ0v) is 19.3. The third-order valence-corrected chi connectivity index (χ3v) is 6.73. The molecule has 2 N–H and O–H groups in total. The largest absolute Gasteiger partial charge is 0.399 e. The van der Waals surface area contributed by atoms with Crippen LogP contribution in [0.5, 0.6) is 0 Å². The number of nitrogen functional groups attached to an aromatic ring is 1. The second-order valence-corrected chi connectivity index (χ2v) is 8.56. The van der Waals surface area contributed by atoms with Crippen molar-refractivity contribution in [3.05, 3.63) is 143 Å². The average molecular weight is 428 g/mol. The first-order chi connectivity index (χ1) is 16.2. The Morgan fingerprint density at radius 1 is 0.727 bits per heavy atom. The molecule has 0 aliphatic heterocycles. The summed E-state index contributed by atoms with van der Waals surface area (Å²) in [6.45, 7) is 4.39. The zero-order chi connectivity index (χ0) is 22.8. The second kappa shape index (κ2) is 8.60. The molecular formula is C32H29N. The molecule has 0 amide bonds. The number of allylic oxidation sites excluding steroid dienone is 4. The van der Waals surface area contributed by atoms with Crippen LogP contribution in [0, 0.1) is 0 Å². The van der Waals surface area contributed by atoms with Crippen molar-refractivity contribution < 1.29 is 0 Å². The van der Waals surface area contributed by atoms with Crippen LogP contribution in [0.25, 0.3) is 16.7 Å².